The van der Waals surface area contributed by atoms with Gasteiger partial charge in [-0.2, -0.15) is 0 Å². The van der Waals surface area contributed by atoms with E-state index in [9.17, 15) is 9.59 Å². The summed E-state index contributed by atoms with van der Waals surface area (Å²) >= 11 is 0. The highest BCUT2D eigenvalue weighted by molar-refractivity contribution is 5.77. The van der Waals surface area contributed by atoms with E-state index in [2.05, 4.69) is 5.32 Å². The van der Waals surface area contributed by atoms with Crippen LogP contribution in [0, 0.1) is 0 Å². The SMILES string of the molecule is COCCCN(CCOC)C(=O)NC1(CC(=O)O)CCC1. The van der Waals surface area contributed by atoms with Crippen molar-refractivity contribution < 1.29 is 24.2 Å². The van der Waals surface area contributed by atoms with Crippen LogP contribution in [-0.4, -0.2) is 68.1 Å². The molecule has 7 nitrogen and oxygen atoms in total. The summed E-state index contributed by atoms with van der Waals surface area (Å²) in [6, 6.07) is -0.218. The molecule has 0 atom stereocenters. The number of nitrogens with zero attached hydrogens (tertiary/aromatic N) is 1. The molecule has 1 aliphatic carbocycles. The van der Waals surface area contributed by atoms with E-state index in [4.69, 9.17) is 14.6 Å². The highest BCUT2D eigenvalue weighted by Gasteiger charge is 2.41. The molecule has 122 valence electrons. The first kappa shape index (κ1) is 17.7. The molecule has 0 unspecified atom stereocenters. The van der Waals surface area contributed by atoms with E-state index in [0.717, 1.165) is 25.7 Å². The van der Waals surface area contributed by atoms with Crippen LogP contribution in [-0.2, 0) is 14.3 Å². The molecule has 21 heavy (non-hydrogen) atoms. The van der Waals surface area contributed by atoms with Gasteiger partial charge in [0.1, 0.15) is 0 Å². The molecule has 1 aliphatic rings. The van der Waals surface area contributed by atoms with E-state index < -0.39 is 11.5 Å². The number of amides is 2. The molecular formula is C14H26N2O5. The van der Waals surface area contributed by atoms with Gasteiger partial charge in [0.05, 0.1) is 18.6 Å². The van der Waals surface area contributed by atoms with Crippen molar-refractivity contribution in [1.82, 2.24) is 10.2 Å². The summed E-state index contributed by atoms with van der Waals surface area (Å²) in [5, 5.41) is 11.9. The minimum Gasteiger partial charge on any atom is -0.481 e. The first-order chi connectivity index (χ1) is 10.0. The van der Waals surface area contributed by atoms with Gasteiger partial charge in [-0.15, -0.1) is 0 Å². The van der Waals surface area contributed by atoms with Gasteiger partial charge in [-0.3, -0.25) is 4.79 Å². The lowest BCUT2D eigenvalue weighted by atomic mass is 9.74. The number of hydrogen-bond acceptors (Lipinski definition) is 4. The lowest BCUT2D eigenvalue weighted by molar-refractivity contribution is -0.139. The predicted molar refractivity (Wildman–Crippen MR) is 77.3 cm³/mol. The Morgan fingerprint density at radius 3 is 2.33 bits per heavy atom. The third-order valence-corrected chi connectivity index (χ3v) is 3.80. The maximum Gasteiger partial charge on any atom is 0.317 e. The van der Waals surface area contributed by atoms with Crippen molar-refractivity contribution in [2.45, 2.75) is 37.6 Å². The summed E-state index contributed by atoms with van der Waals surface area (Å²) in [6.07, 6.45) is 3.12. The van der Waals surface area contributed by atoms with Crippen LogP contribution in [0.25, 0.3) is 0 Å². The Morgan fingerprint density at radius 1 is 1.19 bits per heavy atom. The summed E-state index contributed by atoms with van der Waals surface area (Å²) in [5.41, 5.74) is -0.574. The average Bonchev–Trinajstić information content (AvgIpc) is 2.39. The molecule has 7 heteroatoms. The molecule has 0 aromatic heterocycles. The van der Waals surface area contributed by atoms with Crippen molar-refractivity contribution >= 4 is 12.0 Å². The molecule has 0 bridgehead atoms. The van der Waals surface area contributed by atoms with E-state index in [1.807, 2.05) is 0 Å². The fourth-order valence-electron chi connectivity index (χ4n) is 2.46. The smallest absolute Gasteiger partial charge is 0.317 e. The normalized spacial score (nSPS) is 16.1. The standard InChI is InChI=1S/C14H26N2O5/c1-20-9-4-7-16(8-10-21-2)13(19)15-14(5-3-6-14)11-12(17)18/h3-11H2,1-2H3,(H,15,19)(H,17,18). The van der Waals surface area contributed by atoms with Crippen molar-refractivity contribution in [3.8, 4) is 0 Å². The topological polar surface area (TPSA) is 88.1 Å². The number of urea groups is 1. The molecule has 0 aromatic carbocycles. The third-order valence-electron chi connectivity index (χ3n) is 3.80. The average molecular weight is 302 g/mol. The van der Waals surface area contributed by atoms with E-state index in [1.165, 1.54) is 0 Å². The van der Waals surface area contributed by atoms with Crippen LogP contribution in [0.3, 0.4) is 0 Å². The summed E-state index contributed by atoms with van der Waals surface area (Å²) < 4.78 is 10.0. The van der Waals surface area contributed by atoms with E-state index in [0.29, 0.717) is 26.3 Å². The predicted octanol–water partition coefficient (Wildman–Crippen LogP) is 1.08. The van der Waals surface area contributed by atoms with Crippen LogP contribution < -0.4 is 5.32 Å². The molecule has 0 heterocycles. The highest BCUT2D eigenvalue weighted by Crippen LogP contribution is 2.35. The third kappa shape index (κ3) is 5.89. The number of carbonyl (C=O) groups is 2. The fourth-order valence-corrected chi connectivity index (χ4v) is 2.46. The zero-order valence-electron chi connectivity index (χ0n) is 12.9. The van der Waals surface area contributed by atoms with Gasteiger partial charge < -0.3 is 24.8 Å². The van der Waals surface area contributed by atoms with Gasteiger partial charge in [0, 0.05) is 33.9 Å². The quantitative estimate of drug-likeness (QED) is 0.590. The van der Waals surface area contributed by atoms with Crippen LogP contribution >= 0.6 is 0 Å². The number of hydrogen-bond donors (Lipinski definition) is 2. The van der Waals surface area contributed by atoms with Crippen molar-refractivity contribution in [3.05, 3.63) is 0 Å². The largest absolute Gasteiger partial charge is 0.481 e. The van der Waals surface area contributed by atoms with Crippen molar-refractivity contribution in [2.24, 2.45) is 0 Å². The lowest BCUT2D eigenvalue weighted by Crippen LogP contribution is -2.58. The molecule has 2 N–H and O–H groups in total. The highest BCUT2D eigenvalue weighted by atomic mass is 16.5. The summed E-state index contributed by atoms with van der Waals surface area (Å²) in [6.45, 7) is 2.07. The monoisotopic (exact) mass is 302 g/mol. The van der Waals surface area contributed by atoms with Crippen LogP contribution in [0.2, 0.25) is 0 Å². The number of rotatable bonds is 10. The van der Waals surface area contributed by atoms with E-state index in [-0.39, 0.29) is 12.5 Å². The zero-order valence-corrected chi connectivity index (χ0v) is 12.9. The van der Waals surface area contributed by atoms with Crippen LogP contribution in [0.15, 0.2) is 0 Å². The Bertz CT molecular complexity index is 344. The van der Waals surface area contributed by atoms with Crippen LogP contribution in [0.1, 0.15) is 32.1 Å². The second kappa shape index (κ2) is 8.84. The number of nitrogens with one attached hydrogen (secondary N) is 1. The summed E-state index contributed by atoms with van der Waals surface area (Å²) in [7, 11) is 3.21. The Morgan fingerprint density at radius 2 is 1.86 bits per heavy atom. The molecule has 1 rings (SSSR count). The van der Waals surface area contributed by atoms with Crippen LogP contribution in [0.5, 0.6) is 0 Å². The van der Waals surface area contributed by atoms with Crippen molar-refractivity contribution in [2.75, 3.05) is 40.5 Å². The number of carboxylic acid groups (broad SMARTS) is 1. The van der Waals surface area contributed by atoms with Crippen molar-refractivity contribution in [3.63, 3.8) is 0 Å². The van der Waals surface area contributed by atoms with Gasteiger partial charge in [0.2, 0.25) is 0 Å². The first-order valence-corrected chi connectivity index (χ1v) is 7.30. The first-order valence-electron chi connectivity index (χ1n) is 7.30. The Labute approximate surface area is 125 Å². The molecule has 0 spiro atoms. The minimum atomic E-state index is -0.877. The minimum absolute atomic E-state index is 0.0189. The fraction of sp³-hybridized carbons (Fsp3) is 0.857. The van der Waals surface area contributed by atoms with E-state index in [1.54, 1.807) is 19.1 Å². The molecule has 0 aliphatic heterocycles. The molecule has 0 saturated heterocycles. The number of carbonyl (C=O) groups excluding carboxylic acids is 1. The summed E-state index contributed by atoms with van der Waals surface area (Å²) in [4.78, 5) is 25.0. The Balaban J connectivity index is 2.54. The Kier molecular flexibility index (Phi) is 7.45. The molecule has 0 radical (unpaired) electrons. The number of carboxylic acids is 1. The van der Waals surface area contributed by atoms with Gasteiger partial charge >= 0.3 is 12.0 Å². The van der Waals surface area contributed by atoms with Crippen LogP contribution in [0.4, 0.5) is 4.79 Å². The lowest BCUT2D eigenvalue weighted by Gasteiger charge is -2.42. The number of ether oxygens (including phenoxy) is 2. The molecular weight excluding hydrogens is 276 g/mol. The maximum atomic E-state index is 12.4. The van der Waals surface area contributed by atoms with Gasteiger partial charge in [-0.25, -0.2) is 4.79 Å². The summed E-state index contributed by atoms with van der Waals surface area (Å²) in [5.74, 6) is -0.877. The van der Waals surface area contributed by atoms with Gasteiger partial charge in [0.25, 0.3) is 0 Å². The Hall–Kier alpha value is -1.34. The van der Waals surface area contributed by atoms with Gasteiger partial charge in [-0.1, -0.05) is 0 Å². The van der Waals surface area contributed by atoms with Gasteiger partial charge in [0.15, 0.2) is 0 Å². The molecule has 1 fully saturated rings. The maximum absolute atomic E-state index is 12.4. The number of aliphatic carboxylic acids is 1. The zero-order chi connectivity index (χ0) is 15.7. The van der Waals surface area contributed by atoms with E-state index >= 15 is 0 Å². The molecule has 2 amide bonds. The second-order valence-corrected chi connectivity index (χ2v) is 5.46. The molecule has 0 aromatic rings. The number of methoxy groups -OCH3 is 2. The molecule has 1 saturated carbocycles. The van der Waals surface area contributed by atoms with Gasteiger partial charge in [-0.05, 0) is 25.7 Å². The second-order valence-electron chi connectivity index (χ2n) is 5.46. The van der Waals surface area contributed by atoms with Crippen molar-refractivity contribution in [1.29, 1.82) is 0 Å².